The van der Waals surface area contributed by atoms with E-state index in [1.165, 1.54) is 0 Å². The lowest BCUT2D eigenvalue weighted by atomic mass is 10.0. The summed E-state index contributed by atoms with van der Waals surface area (Å²) in [7, 11) is -4.67. The molecule has 1 rings (SSSR count). The van der Waals surface area contributed by atoms with Gasteiger partial charge in [-0.1, -0.05) is 0 Å². The van der Waals surface area contributed by atoms with Gasteiger partial charge in [0.25, 0.3) is 10.0 Å². The highest BCUT2D eigenvalue weighted by Crippen LogP contribution is 2.31. The van der Waals surface area contributed by atoms with Gasteiger partial charge >= 0.3 is 12.1 Å². The average molecular weight is 287 g/mol. The summed E-state index contributed by atoms with van der Waals surface area (Å²) in [5, 5.41) is 7.89. The number of carbonyl (C=O) groups is 1. The molecule has 0 aliphatic heterocycles. The molecule has 7 nitrogen and oxygen atoms in total. The number of alkyl halides is 3. The molecule has 0 aliphatic carbocycles. The summed E-state index contributed by atoms with van der Waals surface area (Å²) in [6.45, 7) is 0.212. The van der Waals surface area contributed by atoms with Crippen LogP contribution in [0.5, 0.6) is 0 Å². The van der Waals surface area contributed by atoms with Gasteiger partial charge in [0.15, 0.2) is 5.03 Å². The van der Waals surface area contributed by atoms with Gasteiger partial charge in [-0.2, -0.15) is 17.9 Å². The van der Waals surface area contributed by atoms with E-state index in [4.69, 9.17) is 5.11 Å². The van der Waals surface area contributed by atoms with Crippen LogP contribution in [0.1, 0.15) is 6.92 Å². The largest absolute Gasteiger partial charge is 0.480 e. The summed E-state index contributed by atoms with van der Waals surface area (Å²) in [6, 6.07) is 0. The van der Waals surface area contributed by atoms with Crippen molar-refractivity contribution in [2.24, 2.45) is 0 Å². The van der Waals surface area contributed by atoms with Crippen molar-refractivity contribution in [3.8, 4) is 0 Å². The Bertz CT molecular complexity index is 539. The third-order valence-electron chi connectivity index (χ3n) is 2.10. The SMILES string of the molecule is CC(NS(=O)(=O)c1cnc[nH]1)(C(=O)O)C(F)(F)F. The Balaban J connectivity index is 3.19. The number of carboxylic acids is 1. The molecule has 1 unspecified atom stereocenters. The van der Waals surface area contributed by atoms with Crippen molar-refractivity contribution >= 4 is 16.0 Å². The molecule has 0 amide bonds. The van der Waals surface area contributed by atoms with Crippen LogP contribution in [-0.2, 0) is 14.8 Å². The van der Waals surface area contributed by atoms with E-state index in [-0.39, 0.29) is 6.92 Å². The molecule has 1 aromatic heterocycles. The zero-order valence-electron chi connectivity index (χ0n) is 8.82. The maximum atomic E-state index is 12.6. The van der Waals surface area contributed by atoms with Gasteiger partial charge in [0, 0.05) is 0 Å². The quantitative estimate of drug-likeness (QED) is 0.726. The molecular formula is C7H8F3N3O4S. The molecule has 0 radical (unpaired) electrons. The number of aliphatic carboxylic acids is 1. The summed E-state index contributed by atoms with van der Waals surface area (Å²) in [6.07, 6.45) is -3.62. The highest BCUT2D eigenvalue weighted by Gasteiger charge is 2.59. The second kappa shape index (κ2) is 4.24. The van der Waals surface area contributed by atoms with Crippen LogP contribution in [0.15, 0.2) is 17.6 Å². The van der Waals surface area contributed by atoms with Crippen LogP contribution in [0.25, 0.3) is 0 Å². The lowest BCUT2D eigenvalue weighted by Crippen LogP contribution is -2.61. The van der Waals surface area contributed by atoms with Crippen molar-refractivity contribution < 1.29 is 31.5 Å². The van der Waals surface area contributed by atoms with Gasteiger partial charge in [-0.15, -0.1) is 0 Å². The Kier molecular flexibility index (Phi) is 3.40. The summed E-state index contributed by atoms with van der Waals surface area (Å²) < 4.78 is 61.9. The minimum Gasteiger partial charge on any atom is -0.480 e. The number of rotatable bonds is 4. The van der Waals surface area contributed by atoms with Crippen molar-refractivity contribution in [2.75, 3.05) is 0 Å². The molecule has 1 heterocycles. The first-order valence-electron chi connectivity index (χ1n) is 4.33. The first-order valence-corrected chi connectivity index (χ1v) is 5.81. The van der Waals surface area contributed by atoms with Gasteiger partial charge < -0.3 is 10.1 Å². The fourth-order valence-electron chi connectivity index (χ4n) is 0.937. The van der Waals surface area contributed by atoms with Crippen LogP contribution < -0.4 is 4.72 Å². The molecule has 11 heteroatoms. The topological polar surface area (TPSA) is 112 Å². The van der Waals surface area contributed by atoms with Gasteiger partial charge in [0.05, 0.1) is 12.5 Å². The third kappa shape index (κ3) is 2.46. The molecule has 0 spiro atoms. The van der Waals surface area contributed by atoms with Crippen LogP contribution in [-0.4, -0.2) is 41.2 Å². The van der Waals surface area contributed by atoms with E-state index in [0.717, 1.165) is 17.2 Å². The number of sulfonamides is 1. The molecule has 0 bridgehead atoms. The first kappa shape index (κ1) is 14.4. The second-order valence-electron chi connectivity index (χ2n) is 3.45. The normalized spacial score (nSPS) is 16.2. The molecular weight excluding hydrogens is 279 g/mol. The Morgan fingerprint density at radius 1 is 1.50 bits per heavy atom. The number of hydrogen-bond acceptors (Lipinski definition) is 4. The predicted octanol–water partition coefficient (Wildman–Crippen LogP) is 0.0936. The summed E-state index contributed by atoms with van der Waals surface area (Å²) in [5.74, 6) is -2.36. The van der Waals surface area contributed by atoms with Gasteiger partial charge in [-0.25, -0.2) is 18.2 Å². The Morgan fingerprint density at radius 2 is 2.06 bits per heavy atom. The molecule has 0 saturated carbocycles. The monoisotopic (exact) mass is 287 g/mol. The summed E-state index contributed by atoms with van der Waals surface area (Å²) in [4.78, 5) is 16.0. The molecule has 18 heavy (non-hydrogen) atoms. The van der Waals surface area contributed by atoms with Crippen molar-refractivity contribution in [3.05, 3.63) is 12.5 Å². The first-order chi connectivity index (χ1) is 8.01. The lowest BCUT2D eigenvalue weighted by Gasteiger charge is -2.27. The number of aromatic amines is 1. The van der Waals surface area contributed by atoms with Gasteiger partial charge in [-0.3, -0.25) is 0 Å². The lowest BCUT2D eigenvalue weighted by molar-refractivity contribution is -0.201. The number of carboxylic acid groups (broad SMARTS) is 1. The minimum absolute atomic E-state index is 0.212. The zero-order valence-corrected chi connectivity index (χ0v) is 9.63. The molecule has 1 aromatic rings. The number of nitrogens with zero attached hydrogens (tertiary/aromatic N) is 1. The van der Waals surface area contributed by atoms with Gasteiger partial charge in [-0.05, 0) is 6.92 Å². The van der Waals surface area contributed by atoms with Crippen LogP contribution in [0.4, 0.5) is 13.2 Å². The van der Waals surface area contributed by atoms with E-state index in [2.05, 4.69) is 9.97 Å². The number of nitrogens with one attached hydrogen (secondary N) is 2. The van der Waals surface area contributed by atoms with Crippen molar-refractivity contribution in [2.45, 2.75) is 23.7 Å². The number of aromatic nitrogens is 2. The van der Waals surface area contributed by atoms with Crippen LogP contribution in [0.2, 0.25) is 0 Å². The zero-order chi connectivity index (χ0) is 14.2. The van der Waals surface area contributed by atoms with Crippen molar-refractivity contribution in [1.29, 1.82) is 0 Å². The summed E-state index contributed by atoms with van der Waals surface area (Å²) in [5.41, 5.74) is -3.63. The molecule has 1 atom stereocenters. The highest BCUT2D eigenvalue weighted by atomic mass is 32.2. The Morgan fingerprint density at radius 3 is 2.39 bits per heavy atom. The highest BCUT2D eigenvalue weighted by molar-refractivity contribution is 7.89. The third-order valence-corrected chi connectivity index (χ3v) is 3.58. The van der Waals surface area contributed by atoms with Gasteiger partial charge in [0.2, 0.25) is 5.54 Å². The average Bonchev–Trinajstić information content (AvgIpc) is 2.67. The number of H-pyrrole nitrogens is 1. The van der Waals surface area contributed by atoms with E-state index in [9.17, 15) is 26.4 Å². The van der Waals surface area contributed by atoms with Crippen LogP contribution in [0, 0.1) is 0 Å². The second-order valence-corrected chi connectivity index (χ2v) is 5.10. The van der Waals surface area contributed by atoms with E-state index in [0.29, 0.717) is 0 Å². The standard InChI is InChI=1S/C7H8F3N3O4S/c1-6(5(14)15,7(8,9)10)13-18(16,17)4-2-11-3-12-4/h2-3,13H,1H3,(H,11,12)(H,14,15). The number of imidazole rings is 1. The van der Waals surface area contributed by atoms with E-state index >= 15 is 0 Å². The van der Waals surface area contributed by atoms with E-state index < -0.39 is 32.7 Å². The van der Waals surface area contributed by atoms with Crippen molar-refractivity contribution in [1.82, 2.24) is 14.7 Å². The molecule has 0 aliphatic rings. The van der Waals surface area contributed by atoms with Crippen LogP contribution >= 0.6 is 0 Å². The fraction of sp³-hybridized carbons (Fsp3) is 0.429. The van der Waals surface area contributed by atoms with Crippen LogP contribution in [0.3, 0.4) is 0 Å². The fourth-order valence-corrected chi connectivity index (χ4v) is 2.19. The maximum absolute atomic E-state index is 12.6. The smallest absolute Gasteiger partial charge is 0.418 e. The minimum atomic E-state index is -5.30. The van der Waals surface area contributed by atoms with Gasteiger partial charge in [0.1, 0.15) is 0 Å². The maximum Gasteiger partial charge on any atom is 0.418 e. The van der Waals surface area contributed by atoms with E-state index in [1.54, 1.807) is 0 Å². The number of halogens is 3. The molecule has 102 valence electrons. The summed E-state index contributed by atoms with van der Waals surface area (Å²) >= 11 is 0. The molecule has 3 N–H and O–H groups in total. The predicted molar refractivity (Wildman–Crippen MR) is 51.0 cm³/mol. The molecule has 0 aromatic carbocycles. The Hall–Kier alpha value is -1.62. The van der Waals surface area contributed by atoms with Crippen molar-refractivity contribution in [3.63, 3.8) is 0 Å². The molecule has 0 saturated heterocycles. The van der Waals surface area contributed by atoms with E-state index in [1.807, 2.05) is 0 Å². The molecule has 0 fully saturated rings. The Labute approximate surface area is 99.1 Å². The number of hydrogen-bond donors (Lipinski definition) is 3.